The van der Waals surface area contributed by atoms with Crippen molar-refractivity contribution in [1.29, 1.82) is 0 Å². The molecule has 0 radical (unpaired) electrons. The molecule has 1 aromatic carbocycles. The first-order chi connectivity index (χ1) is 13.4. The standard InChI is InChI=1S/C21H26FN3O3/c1-14(2)25-8-7-17(10-25)28-16-4-6-18-15(9-16)3-5-19(24-18)20(26)23-11-21(22)12-27-13-21/h3-6,9,14,17H,7-8,10-13H2,1-2H3,(H,23,26). The van der Waals surface area contributed by atoms with Gasteiger partial charge in [0.1, 0.15) is 17.5 Å². The highest BCUT2D eigenvalue weighted by atomic mass is 19.1. The number of fused-ring (bicyclic) bond motifs is 1. The Kier molecular flexibility index (Phi) is 5.21. The molecule has 1 N–H and O–H groups in total. The maximum absolute atomic E-state index is 13.9. The van der Waals surface area contributed by atoms with Crippen LogP contribution in [0.15, 0.2) is 30.3 Å². The number of alkyl halides is 1. The first-order valence-corrected chi connectivity index (χ1v) is 9.78. The van der Waals surface area contributed by atoms with Gasteiger partial charge in [0.25, 0.3) is 5.91 Å². The molecule has 1 amide bonds. The fraction of sp³-hybridized carbons (Fsp3) is 0.524. The third kappa shape index (κ3) is 4.10. The van der Waals surface area contributed by atoms with Crippen molar-refractivity contribution in [2.45, 2.75) is 38.1 Å². The summed E-state index contributed by atoms with van der Waals surface area (Å²) in [6, 6.07) is 9.72. The van der Waals surface area contributed by atoms with Gasteiger partial charge in [0, 0.05) is 24.5 Å². The average Bonchev–Trinajstić information content (AvgIpc) is 3.13. The van der Waals surface area contributed by atoms with E-state index < -0.39 is 5.67 Å². The summed E-state index contributed by atoms with van der Waals surface area (Å²) >= 11 is 0. The van der Waals surface area contributed by atoms with E-state index in [0.717, 1.165) is 30.6 Å². The van der Waals surface area contributed by atoms with Crippen molar-refractivity contribution in [2.24, 2.45) is 0 Å². The molecule has 4 rings (SSSR count). The predicted molar refractivity (Wildman–Crippen MR) is 104 cm³/mol. The van der Waals surface area contributed by atoms with E-state index in [1.54, 1.807) is 6.07 Å². The third-order valence-electron chi connectivity index (χ3n) is 5.39. The van der Waals surface area contributed by atoms with Gasteiger partial charge in [-0.25, -0.2) is 9.37 Å². The van der Waals surface area contributed by atoms with Crippen LogP contribution in [0.4, 0.5) is 4.39 Å². The molecule has 2 saturated heterocycles. The smallest absolute Gasteiger partial charge is 0.270 e. The van der Waals surface area contributed by atoms with Crippen LogP contribution in [0.25, 0.3) is 10.9 Å². The Hall–Kier alpha value is -2.25. The van der Waals surface area contributed by atoms with Crippen LogP contribution in [-0.4, -0.2) is 66.5 Å². The topological polar surface area (TPSA) is 63.7 Å². The van der Waals surface area contributed by atoms with E-state index in [4.69, 9.17) is 9.47 Å². The second-order valence-electron chi connectivity index (χ2n) is 7.99. The van der Waals surface area contributed by atoms with Crippen LogP contribution in [0.5, 0.6) is 5.75 Å². The van der Waals surface area contributed by atoms with Crippen molar-refractivity contribution in [2.75, 3.05) is 32.8 Å². The van der Waals surface area contributed by atoms with Crippen LogP contribution >= 0.6 is 0 Å². The monoisotopic (exact) mass is 387 g/mol. The molecule has 0 saturated carbocycles. The molecule has 28 heavy (non-hydrogen) atoms. The highest BCUT2D eigenvalue weighted by molar-refractivity contribution is 5.95. The van der Waals surface area contributed by atoms with E-state index >= 15 is 0 Å². The highest BCUT2D eigenvalue weighted by Gasteiger charge is 2.39. The second-order valence-corrected chi connectivity index (χ2v) is 7.99. The van der Waals surface area contributed by atoms with Crippen molar-refractivity contribution in [3.63, 3.8) is 0 Å². The lowest BCUT2D eigenvalue weighted by molar-refractivity contribution is -0.126. The van der Waals surface area contributed by atoms with Crippen molar-refractivity contribution < 1.29 is 18.7 Å². The zero-order valence-corrected chi connectivity index (χ0v) is 16.3. The number of nitrogens with zero attached hydrogens (tertiary/aromatic N) is 2. The fourth-order valence-corrected chi connectivity index (χ4v) is 3.57. The Balaban J connectivity index is 1.40. The summed E-state index contributed by atoms with van der Waals surface area (Å²) in [6.07, 6.45) is 1.22. The lowest BCUT2D eigenvalue weighted by Gasteiger charge is -2.33. The molecule has 2 aliphatic rings. The lowest BCUT2D eigenvalue weighted by Crippen LogP contribution is -2.53. The van der Waals surface area contributed by atoms with Crippen molar-refractivity contribution in [1.82, 2.24) is 15.2 Å². The van der Waals surface area contributed by atoms with Gasteiger partial charge in [-0.2, -0.15) is 0 Å². The molecule has 150 valence electrons. The first-order valence-electron chi connectivity index (χ1n) is 9.78. The van der Waals surface area contributed by atoms with Gasteiger partial charge in [0.2, 0.25) is 0 Å². The Labute approximate surface area is 164 Å². The Bertz CT molecular complexity index is 869. The second kappa shape index (κ2) is 7.64. The van der Waals surface area contributed by atoms with E-state index in [1.807, 2.05) is 24.3 Å². The van der Waals surface area contributed by atoms with E-state index in [2.05, 4.69) is 29.0 Å². The van der Waals surface area contributed by atoms with Gasteiger partial charge >= 0.3 is 0 Å². The van der Waals surface area contributed by atoms with Crippen LogP contribution in [-0.2, 0) is 4.74 Å². The van der Waals surface area contributed by atoms with E-state index in [1.165, 1.54) is 0 Å². The number of rotatable bonds is 6. The number of hydrogen-bond donors (Lipinski definition) is 1. The summed E-state index contributed by atoms with van der Waals surface area (Å²) < 4.78 is 24.9. The summed E-state index contributed by atoms with van der Waals surface area (Å²) in [5.41, 5.74) is -0.477. The van der Waals surface area contributed by atoms with Crippen LogP contribution < -0.4 is 10.1 Å². The number of carbonyl (C=O) groups is 1. The predicted octanol–water partition coefficient (Wildman–Crippen LogP) is 2.56. The molecule has 6 nitrogen and oxygen atoms in total. The number of carbonyl (C=O) groups excluding carboxylic acids is 1. The van der Waals surface area contributed by atoms with Crippen LogP contribution in [0.3, 0.4) is 0 Å². The van der Waals surface area contributed by atoms with Gasteiger partial charge in [-0.15, -0.1) is 0 Å². The number of nitrogens with one attached hydrogen (secondary N) is 1. The minimum atomic E-state index is -1.45. The summed E-state index contributed by atoms with van der Waals surface area (Å²) in [6.45, 7) is 6.38. The largest absolute Gasteiger partial charge is 0.489 e. The van der Waals surface area contributed by atoms with Gasteiger partial charge < -0.3 is 14.8 Å². The summed E-state index contributed by atoms with van der Waals surface area (Å²) in [5.74, 6) is 0.428. The molecule has 1 atom stereocenters. The summed E-state index contributed by atoms with van der Waals surface area (Å²) in [7, 11) is 0. The number of amides is 1. The molecule has 7 heteroatoms. The minimum absolute atomic E-state index is 0.0249. The van der Waals surface area contributed by atoms with Crippen LogP contribution in [0.2, 0.25) is 0 Å². The molecular weight excluding hydrogens is 361 g/mol. The van der Waals surface area contributed by atoms with Crippen molar-refractivity contribution >= 4 is 16.8 Å². The number of ether oxygens (including phenoxy) is 2. The number of likely N-dealkylation sites (tertiary alicyclic amines) is 1. The Morgan fingerprint density at radius 2 is 2.21 bits per heavy atom. The Morgan fingerprint density at radius 1 is 1.39 bits per heavy atom. The third-order valence-corrected chi connectivity index (χ3v) is 5.39. The van der Waals surface area contributed by atoms with Gasteiger partial charge in [0.15, 0.2) is 5.67 Å². The molecule has 2 aliphatic heterocycles. The number of pyridine rings is 1. The molecule has 0 bridgehead atoms. The van der Waals surface area contributed by atoms with Crippen molar-refractivity contribution in [3.05, 3.63) is 36.0 Å². The molecular formula is C21H26FN3O3. The fourth-order valence-electron chi connectivity index (χ4n) is 3.57. The summed E-state index contributed by atoms with van der Waals surface area (Å²) in [5, 5.41) is 3.50. The molecule has 1 unspecified atom stereocenters. The molecule has 2 fully saturated rings. The SMILES string of the molecule is CC(C)N1CCC(Oc2ccc3nc(C(=O)NCC4(F)COC4)ccc3c2)C1. The molecule has 2 aromatic rings. The normalized spacial score (nSPS) is 21.6. The zero-order chi connectivity index (χ0) is 19.7. The quantitative estimate of drug-likeness (QED) is 0.825. The zero-order valence-electron chi connectivity index (χ0n) is 16.3. The number of halogens is 1. The van der Waals surface area contributed by atoms with Gasteiger partial charge in [-0.1, -0.05) is 6.07 Å². The molecule has 3 heterocycles. The van der Waals surface area contributed by atoms with Gasteiger partial charge in [-0.3, -0.25) is 9.69 Å². The number of hydrogen-bond acceptors (Lipinski definition) is 5. The Morgan fingerprint density at radius 3 is 2.89 bits per heavy atom. The minimum Gasteiger partial charge on any atom is -0.489 e. The summed E-state index contributed by atoms with van der Waals surface area (Å²) in [4.78, 5) is 19.1. The molecule has 0 aliphatic carbocycles. The number of benzene rings is 1. The van der Waals surface area contributed by atoms with Crippen LogP contribution in [0, 0.1) is 0 Å². The van der Waals surface area contributed by atoms with E-state index in [-0.39, 0.29) is 37.5 Å². The number of aromatic nitrogens is 1. The van der Waals surface area contributed by atoms with E-state index in [0.29, 0.717) is 11.6 Å². The van der Waals surface area contributed by atoms with Gasteiger partial charge in [0.05, 0.1) is 25.3 Å². The highest BCUT2D eigenvalue weighted by Crippen LogP contribution is 2.24. The maximum Gasteiger partial charge on any atom is 0.270 e. The van der Waals surface area contributed by atoms with Gasteiger partial charge in [-0.05, 0) is 44.5 Å². The first kappa shape index (κ1) is 19.1. The van der Waals surface area contributed by atoms with Crippen LogP contribution in [0.1, 0.15) is 30.8 Å². The lowest BCUT2D eigenvalue weighted by atomic mass is 10.1. The average molecular weight is 387 g/mol. The maximum atomic E-state index is 13.9. The molecule has 0 spiro atoms. The van der Waals surface area contributed by atoms with E-state index in [9.17, 15) is 9.18 Å². The molecule has 1 aromatic heterocycles. The van der Waals surface area contributed by atoms with Crippen molar-refractivity contribution in [3.8, 4) is 5.75 Å².